The van der Waals surface area contributed by atoms with Gasteiger partial charge < -0.3 is 9.47 Å². The number of hydrogen-bond donors (Lipinski definition) is 0. The molecule has 0 radical (unpaired) electrons. The lowest BCUT2D eigenvalue weighted by atomic mass is 10.1. The summed E-state index contributed by atoms with van der Waals surface area (Å²) in [6.45, 7) is 1.82. The van der Waals surface area contributed by atoms with E-state index in [0.29, 0.717) is 6.42 Å². The molecule has 2 aliphatic rings. The molecule has 1 saturated heterocycles. The van der Waals surface area contributed by atoms with E-state index in [1.807, 2.05) is 24.3 Å². The summed E-state index contributed by atoms with van der Waals surface area (Å²) < 4.78 is 4.06. The van der Waals surface area contributed by atoms with E-state index < -0.39 is 0 Å². The molecular formula is C18H26N6O. The van der Waals surface area contributed by atoms with Gasteiger partial charge in [-0.1, -0.05) is 6.42 Å². The topological polar surface area (TPSA) is 68.8 Å². The molecule has 0 bridgehead atoms. The van der Waals surface area contributed by atoms with Crippen LogP contribution in [0.4, 0.5) is 0 Å². The predicted octanol–water partition coefficient (Wildman–Crippen LogP) is 2.03. The average Bonchev–Trinajstić information content (AvgIpc) is 3.29. The zero-order chi connectivity index (χ0) is 17.2. The highest BCUT2D eigenvalue weighted by Gasteiger charge is 2.34. The second kappa shape index (κ2) is 6.98. The molecule has 7 heteroatoms. The monoisotopic (exact) mass is 342 g/mol. The van der Waals surface area contributed by atoms with Gasteiger partial charge in [-0.15, -0.1) is 10.2 Å². The summed E-state index contributed by atoms with van der Waals surface area (Å²) in [6.07, 6.45) is 11.8. The number of carbonyl (C=O) groups is 1. The molecule has 25 heavy (non-hydrogen) atoms. The van der Waals surface area contributed by atoms with E-state index in [-0.39, 0.29) is 11.9 Å². The summed E-state index contributed by atoms with van der Waals surface area (Å²) in [7, 11) is 1.90. The van der Waals surface area contributed by atoms with Crippen molar-refractivity contribution in [1.82, 2.24) is 29.4 Å². The lowest BCUT2D eigenvalue weighted by Crippen LogP contribution is -2.32. The van der Waals surface area contributed by atoms with Crippen LogP contribution < -0.4 is 0 Å². The highest BCUT2D eigenvalue weighted by Crippen LogP contribution is 2.32. The van der Waals surface area contributed by atoms with Gasteiger partial charge in [0.15, 0.2) is 5.82 Å². The molecule has 1 atom stereocenters. The van der Waals surface area contributed by atoms with E-state index in [1.54, 1.807) is 4.68 Å². The third kappa shape index (κ3) is 3.32. The summed E-state index contributed by atoms with van der Waals surface area (Å²) in [5.74, 6) is 2.32. The lowest BCUT2D eigenvalue weighted by Gasteiger charge is -2.24. The van der Waals surface area contributed by atoms with E-state index in [0.717, 1.165) is 56.0 Å². The van der Waals surface area contributed by atoms with Crippen molar-refractivity contribution in [3.05, 3.63) is 29.6 Å². The summed E-state index contributed by atoms with van der Waals surface area (Å²) in [5, 5.41) is 13.1. The maximum Gasteiger partial charge on any atom is 0.223 e. The Morgan fingerprint density at radius 3 is 2.96 bits per heavy atom. The van der Waals surface area contributed by atoms with Crippen molar-refractivity contribution >= 4 is 5.91 Å². The molecule has 0 N–H and O–H groups in total. The second-order valence-corrected chi connectivity index (χ2v) is 7.20. The summed E-state index contributed by atoms with van der Waals surface area (Å²) in [6, 6.07) is 0.0979. The molecule has 0 saturated carbocycles. The molecule has 7 nitrogen and oxygen atoms in total. The van der Waals surface area contributed by atoms with Gasteiger partial charge in [0.05, 0.1) is 12.2 Å². The van der Waals surface area contributed by atoms with Crippen LogP contribution in [0.2, 0.25) is 0 Å². The van der Waals surface area contributed by atoms with Gasteiger partial charge in [-0.25, -0.2) is 0 Å². The van der Waals surface area contributed by atoms with Crippen molar-refractivity contribution in [2.24, 2.45) is 7.05 Å². The van der Waals surface area contributed by atoms with E-state index in [4.69, 9.17) is 0 Å². The Kier molecular flexibility index (Phi) is 4.55. The number of carbonyl (C=O) groups excluding carboxylic acids is 1. The van der Waals surface area contributed by atoms with Gasteiger partial charge in [0.1, 0.15) is 5.82 Å². The van der Waals surface area contributed by atoms with Crippen LogP contribution in [0.1, 0.15) is 61.8 Å². The fourth-order valence-electron chi connectivity index (χ4n) is 4.08. The molecule has 2 aliphatic heterocycles. The fraction of sp³-hybridized carbons (Fsp3) is 0.667. The number of hydrogen-bond acceptors (Lipinski definition) is 4. The first kappa shape index (κ1) is 16.3. The number of fused-ring (bicyclic) bond motifs is 1. The maximum absolute atomic E-state index is 12.8. The zero-order valence-electron chi connectivity index (χ0n) is 14.9. The third-order valence-corrected chi connectivity index (χ3v) is 5.40. The van der Waals surface area contributed by atoms with Gasteiger partial charge in [-0.2, -0.15) is 5.10 Å². The van der Waals surface area contributed by atoms with Gasteiger partial charge in [-0.3, -0.25) is 9.48 Å². The summed E-state index contributed by atoms with van der Waals surface area (Å²) in [5.41, 5.74) is 1.11. The highest BCUT2D eigenvalue weighted by atomic mass is 16.2. The highest BCUT2D eigenvalue weighted by molar-refractivity contribution is 5.77. The van der Waals surface area contributed by atoms with Gasteiger partial charge >= 0.3 is 0 Å². The molecule has 2 aromatic heterocycles. The van der Waals surface area contributed by atoms with Crippen LogP contribution in [0.25, 0.3) is 0 Å². The quantitative estimate of drug-likeness (QED) is 0.852. The van der Waals surface area contributed by atoms with Gasteiger partial charge in [0.2, 0.25) is 5.91 Å². The fourth-order valence-corrected chi connectivity index (χ4v) is 4.08. The third-order valence-electron chi connectivity index (χ3n) is 5.40. The molecule has 1 amide bonds. The van der Waals surface area contributed by atoms with Crippen LogP contribution >= 0.6 is 0 Å². The molecule has 0 aromatic carbocycles. The minimum absolute atomic E-state index is 0.0979. The number of aryl methyl sites for hydroxylation is 3. The molecule has 4 heterocycles. The van der Waals surface area contributed by atoms with Crippen LogP contribution in [0, 0.1) is 0 Å². The van der Waals surface area contributed by atoms with Crippen LogP contribution in [0.15, 0.2) is 12.4 Å². The number of amides is 1. The molecule has 4 rings (SSSR count). The van der Waals surface area contributed by atoms with Crippen molar-refractivity contribution in [3.8, 4) is 0 Å². The Labute approximate surface area is 148 Å². The first-order valence-electron chi connectivity index (χ1n) is 9.41. The Balaban J connectivity index is 1.47. The molecule has 0 unspecified atom stereocenters. The summed E-state index contributed by atoms with van der Waals surface area (Å²) >= 11 is 0. The second-order valence-electron chi connectivity index (χ2n) is 7.20. The van der Waals surface area contributed by atoms with Crippen molar-refractivity contribution in [3.63, 3.8) is 0 Å². The largest absolute Gasteiger partial charge is 0.332 e. The Bertz CT molecular complexity index is 749. The Morgan fingerprint density at radius 2 is 2.12 bits per heavy atom. The summed E-state index contributed by atoms with van der Waals surface area (Å²) in [4.78, 5) is 14.8. The lowest BCUT2D eigenvalue weighted by molar-refractivity contribution is -0.132. The number of nitrogens with zero attached hydrogens (tertiary/aromatic N) is 6. The van der Waals surface area contributed by atoms with Crippen LogP contribution in [0.5, 0.6) is 0 Å². The minimum Gasteiger partial charge on any atom is -0.332 e. The van der Waals surface area contributed by atoms with Crippen LogP contribution in [-0.4, -0.2) is 41.9 Å². The Morgan fingerprint density at radius 1 is 1.20 bits per heavy atom. The smallest absolute Gasteiger partial charge is 0.223 e. The number of rotatable bonds is 4. The van der Waals surface area contributed by atoms with Crippen molar-refractivity contribution in [2.45, 2.75) is 64.0 Å². The van der Waals surface area contributed by atoms with Gasteiger partial charge in [0.25, 0.3) is 0 Å². The van der Waals surface area contributed by atoms with Gasteiger partial charge in [-0.05, 0) is 37.7 Å². The molecule has 0 aliphatic carbocycles. The van der Waals surface area contributed by atoms with E-state index in [2.05, 4.69) is 19.9 Å². The number of likely N-dealkylation sites (tertiary alicyclic amines) is 1. The van der Waals surface area contributed by atoms with Crippen LogP contribution in [-0.2, 0) is 31.2 Å². The molecule has 134 valence electrons. The molecule has 1 fully saturated rings. The van der Waals surface area contributed by atoms with Gasteiger partial charge in [0, 0.05) is 39.2 Å². The molecule has 2 aromatic rings. The average molecular weight is 342 g/mol. The van der Waals surface area contributed by atoms with Crippen molar-refractivity contribution < 1.29 is 4.79 Å². The zero-order valence-corrected chi connectivity index (χ0v) is 14.9. The normalized spacial score (nSPS) is 20.5. The predicted molar refractivity (Wildman–Crippen MR) is 92.8 cm³/mol. The van der Waals surface area contributed by atoms with Crippen LogP contribution in [0.3, 0.4) is 0 Å². The maximum atomic E-state index is 12.8. The first-order chi connectivity index (χ1) is 12.2. The first-order valence-corrected chi connectivity index (χ1v) is 9.41. The van der Waals surface area contributed by atoms with E-state index >= 15 is 0 Å². The minimum atomic E-state index is 0.0979. The Hall–Kier alpha value is -2.18. The van der Waals surface area contributed by atoms with Crippen molar-refractivity contribution in [1.29, 1.82) is 0 Å². The SMILES string of the molecule is Cn1cc(CCC(=O)N2CCC[C@H]2c2nnc3n2CCCCC3)cn1. The van der Waals surface area contributed by atoms with Crippen molar-refractivity contribution in [2.75, 3.05) is 6.54 Å². The van der Waals surface area contributed by atoms with E-state index in [1.165, 1.54) is 19.3 Å². The molecular weight excluding hydrogens is 316 g/mol. The molecule has 0 spiro atoms. The van der Waals surface area contributed by atoms with E-state index in [9.17, 15) is 4.79 Å². The number of aromatic nitrogens is 5. The standard InChI is InChI=1S/C18H26N6O/c1-22-13-14(12-19-22)8-9-17(25)23-11-5-6-15(23)18-21-20-16-7-3-2-4-10-24(16)18/h12-13,15H,2-11H2,1H3/t15-/m0/s1.